The maximum Gasteiger partial charge on any atom is 0.294 e. The van der Waals surface area contributed by atoms with Gasteiger partial charge in [0.15, 0.2) is 5.82 Å². The number of rotatable bonds is 3. The number of hydrogen-bond acceptors (Lipinski definition) is 5. The molecule has 2 aromatic carbocycles. The van der Waals surface area contributed by atoms with Crippen LogP contribution in [0.5, 0.6) is 5.75 Å². The van der Waals surface area contributed by atoms with E-state index in [1.54, 1.807) is 32.0 Å². The van der Waals surface area contributed by atoms with Crippen LogP contribution in [-0.2, 0) is 0 Å². The number of nitrogen functional groups attached to an aromatic ring is 1. The van der Waals surface area contributed by atoms with Gasteiger partial charge in [0, 0.05) is 11.6 Å². The van der Waals surface area contributed by atoms with Crippen molar-refractivity contribution in [2.45, 2.75) is 13.8 Å². The van der Waals surface area contributed by atoms with E-state index in [1.807, 2.05) is 0 Å². The highest BCUT2D eigenvalue weighted by atomic mass is 19.1. The molecule has 0 aliphatic heterocycles. The minimum atomic E-state index is -0.880. The molecule has 118 valence electrons. The van der Waals surface area contributed by atoms with Crippen LogP contribution in [0.2, 0.25) is 0 Å². The van der Waals surface area contributed by atoms with Crippen molar-refractivity contribution in [2.24, 2.45) is 0 Å². The standard InChI is InChI=1S/C16H14FN3O3/c1-8-4-5-12(23-3)9(2)13(8)14-15(17)10(7-18)6-11(16(14)19)20(21)22/h4-6H,19H2,1-3H3. The summed E-state index contributed by atoms with van der Waals surface area (Å²) in [6.45, 7) is 3.43. The number of nitrogens with zero attached hydrogens (tertiary/aromatic N) is 2. The van der Waals surface area contributed by atoms with Gasteiger partial charge in [-0.3, -0.25) is 10.1 Å². The molecule has 2 rings (SSSR count). The Morgan fingerprint density at radius 2 is 2.00 bits per heavy atom. The summed E-state index contributed by atoms with van der Waals surface area (Å²) in [6.07, 6.45) is 0. The van der Waals surface area contributed by atoms with Gasteiger partial charge in [0.05, 0.1) is 17.6 Å². The first kappa shape index (κ1) is 16.2. The van der Waals surface area contributed by atoms with Crippen LogP contribution in [0.4, 0.5) is 15.8 Å². The Morgan fingerprint density at radius 1 is 1.35 bits per heavy atom. The molecule has 2 aromatic rings. The number of nitro groups is 1. The largest absolute Gasteiger partial charge is 0.496 e. The molecule has 0 saturated carbocycles. The minimum absolute atomic E-state index is 0.148. The number of benzene rings is 2. The van der Waals surface area contributed by atoms with Crippen LogP contribution in [0.1, 0.15) is 16.7 Å². The molecule has 0 aromatic heterocycles. The van der Waals surface area contributed by atoms with Gasteiger partial charge in [-0.1, -0.05) is 6.07 Å². The highest BCUT2D eigenvalue weighted by Crippen LogP contribution is 2.42. The molecule has 0 aliphatic rings. The molecule has 0 spiro atoms. The van der Waals surface area contributed by atoms with Crippen LogP contribution in [0.3, 0.4) is 0 Å². The first-order valence-corrected chi connectivity index (χ1v) is 6.64. The van der Waals surface area contributed by atoms with Crippen LogP contribution in [0, 0.1) is 41.1 Å². The predicted octanol–water partition coefficient (Wildman–Crippen LogP) is 3.48. The molecule has 7 heteroatoms. The first-order valence-electron chi connectivity index (χ1n) is 6.64. The summed E-state index contributed by atoms with van der Waals surface area (Å²) in [4.78, 5) is 10.4. The summed E-state index contributed by atoms with van der Waals surface area (Å²) in [5, 5.41) is 20.2. The van der Waals surface area contributed by atoms with Gasteiger partial charge in [-0.2, -0.15) is 5.26 Å². The van der Waals surface area contributed by atoms with E-state index < -0.39 is 22.0 Å². The lowest BCUT2D eigenvalue weighted by Gasteiger charge is -2.16. The molecule has 0 fully saturated rings. The Hall–Kier alpha value is -3.14. The fourth-order valence-electron chi connectivity index (χ4n) is 2.57. The molecule has 0 unspecified atom stereocenters. The molecule has 0 atom stereocenters. The van der Waals surface area contributed by atoms with Crippen LogP contribution in [0.15, 0.2) is 18.2 Å². The van der Waals surface area contributed by atoms with Crippen molar-refractivity contribution >= 4 is 11.4 Å². The van der Waals surface area contributed by atoms with Crippen molar-refractivity contribution in [1.82, 2.24) is 0 Å². The number of halogens is 1. The van der Waals surface area contributed by atoms with Crippen LogP contribution < -0.4 is 10.5 Å². The van der Waals surface area contributed by atoms with Crippen molar-refractivity contribution in [3.8, 4) is 22.9 Å². The maximum atomic E-state index is 14.7. The molecular formula is C16H14FN3O3. The van der Waals surface area contributed by atoms with Crippen molar-refractivity contribution < 1.29 is 14.1 Å². The van der Waals surface area contributed by atoms with E-state index in [-0.39, 0.29) is 11.3 Å². The number of anilines is 1. The quantitative estimate of drug-likeness (QED) is 0.530. The molecule has 2 N–H and O–H groups in total. The molecule has 0 bridgehead atoms. The smallest absolute Gasteiger partial charge is 0.294 e. The summed E-state index contributed by atoms with van der Waals surface area (Å²) < 4.78 is 19.9. The molecule has 23 heavy (non-hydrogen) atoms. The first-order chi connectivity index (χ1) is 10.8. The maximum absolute atomic E-state index is 14.7. The highest BCUT2D eigenvalue weighted by Gasteiger charge is 2.26. The van der Waals surface area contributed by atoms with Gasteiger partial charge in [-0.25, -0.2) is 4.39 Å². The molecule has 0 heterocycles. The monoisotopic (exact) mass is 315 g/mol. The number of nitriles is 1. The second-order valence-electron chi connectivity index (χ2n) is 5.00. The van der Waals surface area contributed by atoms with Crippen molar-refractivity contribution in [2.75, 3.05) is 12.8 Å². The van der Waals surface area contributed by atoms with Gasteiger partial charge in [-0.15, -0.1) is 0 Å². The minimum Gasteiger partial charge on any atom is -0.496 e. The fraction of sp³-hybridized carbons (Fsp3) is 0.188. The summed E-state index contributed by atoms with van der Waals surface area (Å²) in [5.74, 6) is -0.385. The fourth-order valence-corrected chi connectivity index (χ4v) is 2.57. The normalized spacial score (nSPS) is 10.2. The average molecular weight is 315 g/mol. The number of methoxy groups -OCH3 is 1. The lowest BCUT2D eigenvalue weighted by atomic mass is 9.91. The van der Waals surface area contributed by atoms with Gasteiger partial charge in [0.25, 0.3) is 5.69 Å². The van der Waals surface area contributed by atoms with Crippen molar-refractivity contribution in [3.05, 3.63) is 50.8 Å². The molecule has 0 radical (unpaired) electrons. The highest BCUT2D eigenvalue weighted by molar-refractivity contribution is 5.88. The number of ether oxygens (including phenoxy) is 1. The zero-order valence-electron chi connectivity index (χ0n) is 12.8. The summed E-state index contributed by atoms with van der Waals surface area (Å²) >= 11 is 0. The third-order valence-corrected chi connectivity index (χ3v) is 3.69. The van der Waals surface area contributed by atoms with Gasteiger partial charge in [0.2, 0.25) is 0 Å². The SMILES string of the molecule is COc1ccc(C)c(-c2c(N)c([N+](=O)[O-])cc(C#N)c2F)c1C. The Kier molecular flexibility index (Phi) is 4.18. The van der Waals surface area contributed by atoms with E-state index in [0.717, 1.165) is 6.07 Å². The van der Waals surface area contributed by atoms with Crippen LogP contribution >= 0.6 is 0 Å². The van der Waals surface area contributed by atoms with Crippen LogP contribution in [0.25, 0.3) is 11.1 Å². The van der Waals surface area contributed by atoms with Crippen molar-refractivity contribution in [3.63, 3.8) is 0 Å². The van der Waals surface area contributed by atoms with E-state index in [4.69, 9.17) is 15.7 Å². The molecule has 6 nitrogen and oxygen atoms in total. The van der Waals surface area contributed by atoms with E-state index in [2.05, 4.69) is 0 Å². The van der Waals surface area contributed by atoms with E-state index in [9.17, 15) is 14.5 Å². The zero-order valence-corrected chi connectivity index (χ0v) is 12.8. The Morgan fingerprint density at radius 3 is 2.52 bits per heavy atom. The third kappa shape index (κ3) is 2.55. The second kappa shape index (κ2) is 5.93. The molecule has 0 amide bonds. The van der Waals surface area contributed by atoms with E-state index in [1.165, 1.54) is 7.11 Å². The zero-order chi connectivity index (χ0) is 17.3. The summed E-state index contributed by atoms with van der Waals surface area (Å²) in [6, 6.07) is 5.89. The predicted molar refractivity (Wildman–Crippen MR) is 83.6 cm³/mol. The average Bonchev–Trinajstić information content (AvgIpc) is 2.50. The lowest BCUT2D eigenvalue weighted by molar-refractivity contribution is -0.383. The Balaban J connectivity index is 2.97. The molecule has 0 aliphatic carbocycles. The van der Waals surface area contributed by atoms with E-state index >= 15 is 0 Å². The van der Waals surface area contributed by atoms with Gasteiger partial charge in [0.1, 0.15) is 17.5 Å². The lowest BCUT2D eigenvalue weighted by Crippen LogP contribution is -2.05. The van der Waals surface area contributed by atoms with Crippen LogP contribution in [-0.4, -0.2) is 12.0 Å². The second-order valence-corrected chi connectivity index (χ2v) is 5.00. The number of aryl methyl sites for hydroxylation is 1. The summed E-state index contributed by atoms with van der Waals surface area (Å²) in [7, 11) is 1.47. The molecule has 0 saturated heterocycles. The van der Waals surface area contributed by atoms with Crippen molar-refractivity contribution in [1.29, 1.82) is 5.26 Å². The van der Waals surface area contributed by atoms with E-state index in [0.29, 0.717) is 22.4 Å². The number of nitrogens with two attached hydrogens (primary N) is 1. The third-order valence-electron chi connectivity index (χ3n) is 3.69. The topological polar surface area (TPSA) is 102 Å². The summed E-state index contributed by atoms with van der Waals surface area (Å²) in [5.41, 5.74) is 6.09. The number of nitro benzene ring substituents is 1. The number of hydrogen-bond donors (Lipinski definition) is 1. The Labute approximate surface area is 132 Å². The van der Waals surface area contributed by atoms with Gasteiger partial charge < -0.3 is 10.5 Å². The van der Waals surface area contributed by atoms with Gasteiger partial charge >= 0.3 is 0 Å². The van der Waals surface area contributed by atoms with Gasteiger partial charge in [-0.05, 0) is 36.6 Å². The molecular weight excluding hydrogens is 301 g/mol. The Bertz CT molecular complexity index is 857.